The zero-order valence-electron chi connectivity index (χ0n) is 44.8. The van der Waals surface area contributed by atoms with Gasteiger partial charge >= 0.3 is 0 Å². The molecule has 0 aliphatic rings. The van der Waals surface area contributed by atoms with Crippen molar-refractivity contribution >= 4 is 131 Å². The highest BCUT2D eigenvalue weighted by atomic mass is 16.3. The van der Waals surface area contributed by atoms with E-state index in [-0.39, 0.29) is 0 Å². The average Bonchev–Trinajstić information content (AvgIpc) is 2.69. The van der Waals surface area contributed by atoms with E-state index < -0.39 is 0 Å². The summed E-state index contributed by atoms with van der Waals surface area (Å²) >= 11 is 0. The fourth-order valence-corrected chi connectivity index (χ4v) is 13.6. The monoisotopic (exact) mass is 1070 g/mol. The summed E-state index contributed by atoms with van der Waals surface area (Å²) in [5, 5.41) is 13.5. The fourth-order valence-electron chi connectivity index (χ4n) is 13.6. The molecule has 0 spiro atoms. The molecule has 0 N–H and O–H groups in total. The van der Waals surface area contributed by atoms with Crippen molar-refractivity contribution in [1.29, 1.82) is 0 Å². The minimum atomic E-state index is 0.633. The fraction of sp³-hybridized carbons (Fsp3) is 0. The Labute approximate surface area is 477 Å². The van der Waals surface area contributed by atoms with Crippen LogP contribution in [-0.4, -0.2) is 23.7 Å². The maximum absolute atomic E-state index is 6.39. The highest BCUT2D eigenvalue weighted by molar-refractivity contribution is 6.20. The lowest BCUT2D eigenvalue weighted by Gasteiger charge is -2.13. The lowest BCUT2D eigenvalue weighted by atomic mass is 10.1. The normalized spacial score (nSPS) is 12.3. The van der Waals surface area contributed by atoms with Crippen molar-refractivity contribution in [2.45, 2.75) is 0 Å². The Kier molecular flexibility index (Phi) is 9.18. The molecule has 8 heteroatoms. The van der Waals surface area contributed by atoms with E-state index in [4.69, 9.17) is 23.2 Å². The van der Waals surface area contributed by atoms with Crippen molar-refractivity contribution in [3.8, 4) is 51.0 Å². The summed E-state index contributed by atoms with van der Waals surface area (Å²) in [4.78, 5) is 10.8. The second kappa shape index (κ2) is 17.0. The average molecular weight is 1070 g/mol. The van der Waals surface area contributed by atoms with E-state index in [1.807, 2.05) is 36.4 Å². The summed E-state index contributed by atoms with van der Waals surface area (Å²) < 4.78 is 26.3. The molecule has 8 nitrogen and oxygen atoms in total. The molecular formula is C76H43N5O3. The van der Waals surface area contributed by atoms with Crippen LogP contribution in [0.5, 0.6) is 0 Å². The summed E-state index contributed by atoms with van der Waals surface area (Å²) in [6.45, 7) is 0. The van der Waals surface area contributed by atoms with E-state index in [0.29, 0.717) is 5.82 Å². The van der Waals surface area contributed by atoms with Gasteiger partial charge in [-0.15, -0.1) is 0 Å². The molecule has 7 heterocycles. The van der Waals surface area contributed by atoms with Gasteiger partial charge in [0.05, 0.1) is 44.5 Å². The van der Waals surface area contributed by atoms with Crippen molar-refractivity contribution in [3.63, 3.8) is 0 Å². The number of hydrogen-bond donors (Lipinski definition) is 0. The highest BCUT2D eigenvalue weighted by Crippen LogP contribution is 2.43. The van der Waals surface area contributed by atoms with Crippen molar-refractivity contribution in [2.24, 2.45) is 0 Å². The molecule has 0 amide bonds. The Balaban J connectivity index is 0.756. The highest BCUT2D eigenvalue weighted by Gasteiger charge is 2.21. The number of aromatic nitrogens is 5. The third-order valence-electron chi connectivity index (χ3n) is 17.5. The van der Waals surface area contributed by atoms with E-state index in [2.05, 4.69) is 238 Å². The summed E-state index contributed by atoms with van der Waals surface area (Å²) in [6, 6.07) is 92.5. The van der Waals surface area contributed by atoms with Crippen molar-refractivity contribution in [2.75, 3.05) is 0 Å². The second-order valence-corrected chi connectivity index (χ2v) is 22.1. The molecular weight excluding hydrogens is 1030 g/mol. The Morgan fingerprint density at radius 2 is 0.512 bits per heavy atom. The molecule has 0 atom stereocenters. The number of benzene rings is 12. The summed E-state index contributed by atoms with van der Waals surface area (Å²) in [5.74, 6) is 0.633. The van der Waals surface area contributed by atoms with Gasteiger partial charge in [-0.2, -0.15) is 0 Å². The van der Waals surface area contributed by atoms with Gasteiger partial charge < -0.3 is 27.0 Å². The summed E-state index contributed by atoms with van der Waals surface area (Å²) in [6.07, 6.45) is 0. The molecule has 19 aromatic rings. The lowest BCUT2D eigenvalue weighted by molar-refractivity contribution is 0.669. The van der Waals surface area contributed by atoms with Crippen LogP contribution in [0.3, 0.4) is 0 Å². The molecule has 0 saturated carbocycles. The first-order valence-electron chi connectivity index (χ1n) is 28.4. The van der Waals surface area contributed by atoms with Gasteiger partial charge in [-0.3, -0.25) is 0 Å². The predicted molar refractivity (Wildman–Crippen MR) is 343 cm³/mol. The number of hydrogen-bond acceptors (Lipinski definition) is 5. The smallest absolute Gasteiger partial charge is 0.160 e. The van der Waals surface area contributed by atoms with Gasteiger partial charge in [0.1, 0.15) is 33.5 Å². The Morgan fingerprint density at radius 1 is 0.214 bits per heavy atom. The van der Waals surface area contributed by atoms with E-state index in [0.717, 1.165) is 160 Å². The van der Waals surface area contributed by atoms with Crippen LogP contribution in [0.2, 0.25) is 0 Å². The molecule has 0 radical (unpaired) electrons. The zero-order chi connectivity index (χ0) is 54.7. The largest absolute Gasteiger partial charge is 0.456 e. The van der Waals surface area contributed by atoms with Gasteiger partial charge in [-0.25, -0.2) is 9.97 Å². The van der Waals surface area contributed by atoms with Gasteiger partial charge in [-0.05, 0) is 127 Å². The quantitative estimate of drug-likeness (QED) is 0.166. The zero-order valence-corrected chi connectivity index (χ0v) is 44.8. The van der Waals surface area contributed by atoms with E-state index in [1.54, 1.807) is 0 Å². The molecule has 0 saturated heterocycles. The van der Waals surface area contributed by atoms with Gasteiger partial charge in [0.25, 0.3) is 0 Å². The molecule has 84 heavy (non-hydrogen) atoms. The molecule has 0 unspecified atom stereocenters. The molecule has 0 bridgehead atoms. The lowest BCUT2D eigenvalue weighted by Crippen LogP contribution is -1.98. The van der Waals surface area contributed by atoms with Crippen LogP contribution in [0, 0.1) is 0 Å². The van der Waals surface area contributed by atoms with Crippen LogP contribution in [-0.2, 0) is 0 Å². The van der Waals surface area contributed by atoms with Crippen LogP contribution in [0.4, 0.5) is 0 Å². The number of para-hydroxylation sites is 6. The maximum Gasteiger partial charge on any atom is 0.160 e. The van der Waals surface area contributed by atoms with Gasteiger partial charge in [0.2, 0.25) is 0 Å². The van der Waals surface area contributed by atoms with Gasteiger partial charge in [0, 0.05) is 98.4 Å². The van der Waals surface area contributed by atoms with E-state index in [1.165, 1.54) is 16.2 Å². The van der Waals surface area contributed by atoms with Crippen molar-refractivity contribution in [3.05, 3.63) is 261 Å². The van der Waals surface area contributed by atoms with Crippen LogP contribution in [0.15, 0.2) is 274 Å². The van der Waals surface area contributed by atoms with Crippen LogP contribution < -0.4 is 0 Å². The Morgan fingerprint density at radius 3 is 0.857 bits per heavy atom. The number of furan rings is 3. The first-order chi connectivity index (χ1) is 41.6. The van der Waals surface area contributed by atoms with Crippen LogP contribution >= 0.6 is 0 Å². The first-order valence-corrected chi connectivity index (χ1v) is 28.4. The molecule has 390 valence electrons. The molecule has 19 rings (SSSR count). The number of fused-ring (bicyclic) bond motifs is 18. The Hall–Kier alpha value is -11.5. The van der Waals surface area contributed by atoms with Crippen LogP contribution in [0.25, 0.3) is 182 Å². The first kappa shape index (κ1) is 45.3. The maximum atomic E-state index is 6.39. The minimum Gasteiger partial charge on any atom is -0.456 e. The second-order valence-electron chi connectivity index (χ2n) is 22.1. The Bertz CT molecular complexity index is 5370. The molecule has 7 aromatic heterocycles. The summed E-state index contributed by atoms with van der Waals surface area (Å²) in [7, 11) is 0. The number of rotatable bonds is 6. The SMILES string of the molecule is c1ccc2c(c1)oc1cc3c4ccccc4n(-c4ccc(-c5cc(-c6ccc(-n7c8ccccc8c8cc9oc%10ccccc%10c9cc87)cc6)nc(-c6ccc(-n7c8ccccc8c8cc9oc%10ccccc%10c9cc87)cc6)n5)cc4)c3cc12. The third-order valence-corrected chi connectivity index (χ3v) is 17.5. The van der Waals surface area contributed by atoms with Gasteiger partial charge in [0.15, 0.2) is 5.82 Å². The molecule has 0 aliphatic carbocycles. The molecule has 0 fully saturated rings. The third kappa shape index (κ3) is 6.53. The van der Waals surface area contributed by atoms with Crippen molar-refractivity contribution in [1.82, 2.24) is 23.7 Å². The molecule has 0 aliphatic heterocycles. The minimum absolute atomic E-state index is 0.633. The van der Waals surface area contributed by atoms with Crippen LogP contribution in [0.1, 0.15) is 0 Å². The van der Waals surface area contributed by atoms with Gasteiger partial charge in [-0.1, -0.05) is 133 Å². The summed E-state index contributed by atoms with van der Waals surface area (Å²) in [5.41, 5.74) is 19.7. The van der Waals surface area contributed by atoms with Crippen molar-refractivity contribution < 1.29 is 13.3 Å². The van der Waals surface area contributed by atoms with E-state index >= 15 is 0 Å². The predicted octanol–water partition coefficient (Wildman–Crippen LogP) is 20.5. The molecule has 12 aromatic carbocycles. The topological polar surface area (TPSA) is 80.0 Å². The number of nitrogens with zero attached hydrogens (tertiary/aromatic N) is 5. The standard InChI is InChI=1S/C76H43N5O3/c1-7-19-64-50(13-1)56-40-73-59(53-16-4-10-22-70(53)82-73)37-67(56)79(64)47-31-25-44(26-32-47)62-43-63(45-27-33-48(34-28-45)80-65-20-8-2-14-51(65)57-41-74-60(38-68(57)80)54-17-5-11-23-71(54)83-74)78-76(77-62)46-29-35-49(36-30-46)81-66-21-9-3-15-52(66)58-42-75-61(39-69(58)81)55-18-6-12-24-72(55)84-75/h1-43H. The van der Waals surface area contributed by atoms with E-state index in [9.17, 15) is 0 Å².